The number of rotatable bonds is 3. The topological polar surface area (TPSA) is 43.8 Å². The Morgan fingerprint density at radius 1 is 1.54 bits per heavy atom. The monoisotopic (exact) mass is 204 g/mol. The molecule has 76 valence electrons. The zero-order valence-corrected chi connectivity index (χ0v) is 9.07. The average Bonchev–Trinajstić information content (AvgIpc) is 2.49. The van der Waals surface area contributed by atoms with Gasteiger partial charge in [0.1, 0.15) is 0 Å². The predicted octanol–water partition coefficient (Wildman–Crippen LogP) is 1.65. The largest absolute Gasteiger partial charge is 0.362 e. The minimum absolute atomic E-state index is 0.833. The van der Waals surface area contributed by atoms with E-state index in [0.717, 1.165) is 6.67 Å². The lowest BCUT2D eigenvalue weighted by Crippen LogP contribution is -2.23. The van der Waals surface area contributed by atoms with E-state index in [0.29, 0.717) is 0 Å². The van der Waals surface area contributed by atoms with Crippen LogP contribution in [-0.4, -0.2) is 35.0 Å². The molecule has 0 aliphatic carbocycles. The number of hydrogen-bond acceptors (Lipinski definition) is 3. The Morgan fingerprint density at radius 2 is 2.15 bits per heavy atom. The molecule has 0 aromatic carbocycles. The van der Waals surface area contributed by atoms with Gasteiger partial charge >= 0.3 is 8.69 Å². The molecule has 1 aliphatic rings. The van der Waals surface area contributed by atoms with Crippen LogP contribution in [0.15, 0.2) is 12.4 Å². The molecule has 0 amide bonds. The molecule has 1 rings (SSSR count). The summed E-state index contributed by atoms with van der Waals surface area (Å²) in [6.45, 7) is 4.50. The molecule has 0 saturated heterocycles. The first-order chi connectivity index (χ1) is 6.24. The van der Waals surface area contributed by atoms with Gasteiger partial charge < -0.3 is 14.7 Å². The van der Waals surface area contributed by atoms with Crippen molar-refractivity contribution in [2.75, 3.05) is 20.3 Å². The second kappa shape index (κ2) is 8.02. The first kappa shape index (κ1) is 12.4. The van der Waals surface area contributed by atoms with E-state index in [1.54, 1.807) is 0 Å². The Labute approximate surface area is 81.1 Å². The van der Waals surface area contributed by atoms with Crippen molar-refractivity contribution in [1.29, 1.82) is 0 Å². The maximum atomic E-state index is 8.46. The van der Waals surface area contributed by atoms with Crippen LogP contribution < -0.4 is 0 Å². The van der Waals surface area contributed by atoms with Crippen molar-refractivity contribution in [1.82, 2.24) is 9.80 Å². The summed E-state index contributed by atoms with van der Waals surface area (Å²) < 4.78 is 8.46. The zero-order chi connectivity index (χ0) is 10.1. The lowest BCUT2D eigenvalue weighted by Gasteiger charge is -2.17. The van der Waals surface area contributed by atoms with Gasteiger partial charge in [-0.05, 0) is 6.42 Å². The van der Waals surface area contributed by atoms with Gasteiger partial charge in [0.05, 0.1) is 6.67 Å². The van der Waals surface area contributed by atoms with Crippen LogP contribution in [0.2, 0.25) is 0 Å². The van der Waals surface area contributed by atoms with Crippen LogP contribution >= 0.6 is 8.69 Å². The van der Waals surface area contributed by atoms with Gasteiger partial charge in [0.15, 0.2) is 0 Å². The molecule has 0 fully saturated rings. The maximum absolute atomic E-state index is 8.46. The van der Waals surface area contributed by atoms with E-state index in [4.69, 9.17) is 9.46 Å². The molecule has 1 N–H and O–H groups in total. The van der Waals surface area contributed by atoms with E-state index < -0.39 is 8.69 Å². The maximum Gasteiger partial charge on any atom is 0.324 e. The normalized spacial score (nSPS) is 14.7. The third-order valence-electron chi connectivity index (χ3n) is 1.74. The molecule has 0 aromatic rings. The van der Waals surface area contributed by atoms with Crippen molar-refractivity contribution in [2.24, 2.45) is 0 Å². The third-order valence-corrected chi connectivity index (χ3v) is 1.74. The molecule has 0 atom stereocenters. The number of hydrogen-bond donors (Lipinski definition) is 1. The van der Waals surface area contributed by atoms with Gasteiger partial charge in [-0.15, -0.1) is 0 Å². The van der Waals surface area contributed by atoms with Gasteiger partial charge in [0.25, 0.3) is 0 Å². The van der Waals surface area contributed by atoms with E-state index in [9.17, 15) is 0 Å². The first-order valence-electron chi connectivity index (χ1n) is 4.34. The van der Waals surface area contributed by atoms with Crippen LogP contribution in [-0.2, 0) is 4.57 Å². The van der Waals surface area contributed by atoms with E-state index in [1.807, 2.05) is 0 Å². The average molecular weight is 204 g/mol. The SMILES string of the molecule is CCCCN1C=CN(C)C1.O=PO. The fourth-order valence-electron chi connectivity index (χ4n) is 1.10. The van der Waals surface area contributed by atoms with Crippen LogP contribution in [0, 0.1) is 0 Å². The quantitative estimate of drug-likeness (QED) is 0.710. The van der Waals surface area contributed by atoms with E-state index in [1.165, 1.54) is 19.4 Å². The highest BCUT2D eigenvalue weighted by Gasteiger charge is 2.05. The highest BCUT2D eigenvalue weighted by Crippen LogP contribution is 2.04. The van der Waals surface area contributed by atoms with Crippen LogP contribution in [0.1, 0.15) is 19.8 Å². The molecule has 0 spiro atoms. The van der Waals surface area contributed by atoms with Gasteiger partial charge in [-0.2, -0.15) is 0 Å². The first-order valence-corrected chi connectivity index (χ1v) is 5.10. The minimum Gasteiger partial charge on any atom is -0.362 e. The van der Waals surface area contributed by atoms with E-state index in [2.05, 4.69) is 36.2 Å². The fourth-order valence-corrected chi connectivity index (χ4v) is 1.10. The molecular formula is C8H17N2O2P. The Bertz CT molecular complexity index is 164. The third kappa shape index (κ3) is 6.55. The number of unbranched alkanes of at least 4 members (excludes halogenated alkanes) is 1. The standard InChI is InChI=1S/C8H16N2.HO2P/c1-3-4-5-10-7-6-9(2)8-10;1-3-2/h6-7H,3-5,8H2,1-2H3;(H,1,2). The van der Waals surface area contributed by atoms with Gasteiger partial charge in [-0.25, -0.2) is 4.57 Å². The summed E-state index contributed by atoms with van der Waals surface area (Å²) in [7, 11) is 1.27. The molecule has 1 heterocycles. The zero-order valence-electron chi connectivity index (χ0n) is 8.18. The molecule has 5 heteroatoms. The second-order valence-corrected chi connectivity index (χ2v) is 3.11. The smallest absolute Gasteiger partial charge is 0.324 e. The molecule has 0 aromatic heterocycles. The lowest BCUT2D eigenvalue weighted by molar-refractivity contribution is 0.293. The van der Waals surface area contributed by atoms with Gasteiger partial charge in [0.2, 0.25) is 0 Å². The van der Waals surface area contributed by atoms with E-state index in [-0.39, 0.29) is 0 Å². The minimum atomic E-state index is -0.833. The summed E-state index contributed by atoms with van der Waals surface area (Å²) in [5.41, 5.74) is 0. The molecule has 1 aliphatic heterocycles. The molecule has 0 radical (unpaired) electrons. The van der Waals surface area contributed by atoms with Gasteiger partial charge in [0, 0.05) is 26.0 Å². The summed E-state index contributed by atoms with van der Waals surface area (Å²) in [6.07, 6.45) is 6.87. The predicted molar refractivity (Wildman–Crippen MR) is 53.2 cm³/mol. The molecule has 4 nitrogen and oxygen atoms in total. The van der Waals surface area contributed by atoms with E-state index >= 15 is 0 Å². The molecule has 0 saturated carbocycles. The summed E-state index contributed by atoms with van der Waals surface area (Å²) in [5, 5.41) is 0. The fraction of sp³-hybridized carbons (Fsp3) is 0.750. The number of nitrogens with zero attached hydrogens (tertiary/aromatic N) is 2. The highest BCUT2D eigenvalue weighted by molar-refractivity contribution is 7.16. The van der Waals surface area contributed by atoms with Crippen LogP contribution in [0.3, 0.4) is 0 Å². The van der Waals surface area contributed by atoms with Crippen molar-refractivity contribution in [2.45, 2.75) is 19.8 Å². The van der Waals surface area contributed by atoms with Crippen LogP contribution in [0.4, 0.5) is 0 Å². The van der Waals surface area contributed by atoms with Crippen molar-refractivity contribution < 1.29 is 9.46 Å². The summed E-state index contributed by atoms with van der Waals surface area (Å²) in [4.78, 5) is 11.5. The van der Waals surface area contributed by atoms with Crippen molar-refractivity contribution in [3.05, 3.63) is 12.4 Å². The summed E-state index contributed by atoms with van der Waals surface area (Å²) in [5.74, 6) is 0. The molecule has 13 heavy (non-hydrogen) atoms. The lowest BCUT2D eigenvalue weighted by atomic mass is 10.3. The van der Waals surface area contributed by atoms with Gasteiger partial charge in [-0.1, -0.05) is 13.3 Å². The Morgan fingerprint density at radius 3 is 2.54 bits per heavy atom. The Kier molecular flexibility index (Phi) is 7.65. The highest BCUT2D eigenvalue weighted by atomic mass is 31.1. The van der Waals surface area contributed by atoms with Crippen molar-refractivity contribution in [3.8, 4) is 0 Å². The molecule has 0 unspecified atom stereocenters. The summed E-state index contributed by atoms with van der Waals surface area (Å²) >= 11 is 0. The van der Waals surface area contributed by atoms with Crippen molar-refractivity contribution in [3.63, 3.8) is 0 Å². The summed E-state index contributed by atoms with van der Waals surface area (Å²) in [6, 6.07) is 0. The molecular weight excluding hydrogens is 187 g/mol. The van der Waals surface area contributed by atoms with Crippen LogP contribution in [0.25, 0.3) is 0 Å². The second-order valence-electron chi connectivity index (χ2n) is 2.94. The Hall–Kier alpha value is -0.600. The van der Waals surface area contributed by atoms with Crippen LogP contribution in [0.5, 0.6) is 0 Å². The molecule has 0 bridgehead atoms. The Balaban J connectivity index is 0.000000424. The van der Waals surface area contributed by atoms with Crippen molar-refractivity contribution >= 4 is 8.69 Å². The van der Waals surface area contributed by atoms with Gasteiger partial charge in [-0.3, -0.25) is 0 Å².